The van der Waals surface area contributed by atoms with E-state index < -0.39 is 5.60 Å². The van der Waals surface area contributed by atoms with Gasteiger partial charge in [0.2, 0.25) is 0 Å². The number of aryl methyl sites for hydroxylation is 2. The number of thiophene rings is 1. The molecule has 0 bridgehead atoms. The highest BCUT2D eigenvalue weighted by molar-refractivity contribution is 7.10. The van der Waals surface area contributed by atoms with Crippen LogP contribution in [0.15, 0.2) is 89.5 Å². The van der Waals surface area contributed by atoms with E-state index in [9.17, 15) is 5.11 Å². The maximum atomic E-state index is 14.9. The lowest BCUT2D eigenvalue weighted by Gasteiger charge is -2.37. The van der Waals surface area contributed by atoms with Crippen molar-refractivity contribution in [3.63, 3.8) is 0 Å². The minimum absolute atomic E-state index is 0.408. The minimum atomic E-state index is -1.72. The van der Waals surface area contributed by atoms with Gasteiger partial charge in [-0.2, -0.15) is 0 Å². The summed E-state index contributed by atoms with van der Waals surface area (Å²) >= 11 is 7.72. The van der Waals surface area contributed by atoms with Gasteiger partial charge in [0.1, 0.15) is 12.4 Å². The summed E-state index contributed by atoms with van der Waals surface area (Å²) in [5.41, 5.74) is 0.106. The van der Waals surface area contributed by atoms with Gasteiger partial charge in [0.15, 0.2) is 0 Å². The topological polar surface area (TPSA) is 44.2 Å². The SMILES string of the molecule is Cn1cc[n+](C)c1C([O-])(C(=Nc1ccccc1)c1cccc(Cl)c1)c1cccs1. The highest BCUT2D eigenvalue weighted by atomic mass is 35.5. The Morgan fingerprint density at radius 2 is 1.90 bits per heavy atom. The van der Waals surface area contributed by atoms with Crippen molar-refractivity contribution in [2.45, 2.75) is 5.60 Å². The minimum Gasteiger partial charge on any atom is -0.832 e. The van der Waals surface area contributed by atoms with Crippen LogP contribution >= 0.6 is 22.9 Å². The van der Waals surface area contributed by atoms with Crippen LogP contribution in [0.2, 0.25) is 5.02 Å². The average Bonchev–Trinajstić information content (AvgIpc) is 3.37. The number of imidazole rings is 1. The van der Waals surface area contributed by atoms with Gasteiger partial charge in [-0.25, -0.2) is 9.13 Å². The Labute approximate surface area is 179 Å². The third-order valence-corrected chi connectivity index (χ3v) is 6.00. The van der Waals surface area contributed by atoms with Crippen LogP contribution < -0.4 is 9.67 Å². The van der Waals surface area contributed by atoms with E-state index in [2.05, 4.69) is 0 Å². The number of benzene rings is 2. The number of para-hydroxylation sites is 1. The van der Waals surface area contributed by atoms with Crippen LogP contribution in [-0.4, -0.2) is 10.3 Å². The smallest absolute Gasteiger partial charge is 0.256 e. The van der Waals surface area contributed by atoms with E-state index in [1.807, 2.05) is 95.6 Å². The molecule has 146 valence electrons. The van der Waals surface area contributed by atoms with Crippen molar-refractivity contribution < 1.29 is 9.67 Å². The molecule has 0 aliphatic carbocycles. The van der Waals surface area contributed by atoms with Crippen LogP contribution in [0.4, 0.5) is 5.69 Å². The van der Waals surface area contributed by atoms with Gasteiger partial charge >= 0.3 is 0 Å². The van der Waals surface area contributed by atoms with Crippen molar-refractivity contribution in [1.82, 2.24) is 4.57 Å². The molecule has 0 spiro atoms. The molecule has 2 aromatic carbocycles. The summed E-state index contributed by atoms with van der Waals surface area (Å²) in [5.74, 6) is 0.592. The maximum Gasteiger partial charge on any atom is 0.256 e. The first-order chi connectivity index (χ1) is 14.0. The standard InChI is InChI=1S/C23H20ClN3OS/c1-26-13-14-27(2)22(26)23(28,20-12-7-15-29-20)21(17-8-6-9-18(24)16-17)25-19-10-4-3-5-11-19/h3-16H,1-2H3. The Bertz CT molecular complexity index is 1130. The Hall–Kier alpha value is -2.73. The molecule has 0 saturated carbocycles. The zero-order valence-electron chi connectivity index (χ0n) is 16.1. The third-order valence-electron chi connectivity index (χ3n) is 4.79. The summed E-state index contributed by atoms with van der Waals surface area (Å²) in [5, 5.41) is 17.4. The molecule has 0 aliphatic rings. The van der Waals surface area contributed by atoms with Crippen molar-refractivity contribution in [3.05, 3.63) is 106 Å². The number of rotatable bonds is 5. The number of aliphatic imine (C=N–C) groups is 1. The summed E-state index contributed by atoms with van der Waals surface area (Å²) < 4.78 is 3.72. The molecular weight excluding hydrogens is 402 g/mol. The lowest BCUT2D eigenvalue weighted by Crippen LogP contribution is -2.57. The maximum absolute atomic E-state index is 14.9. The fourth-order valence-corrected chi connectivity index (χ4v) is 4.52. The van der Waals surface area contributed by atoms with Crippen molar-refractivity contribution in [2.24, 2.45) is 19.1 Å². The molecule has 4 aromatic rings. The van der Waals surface area contributed by atoms with Crippen molar-refractivity contribution in [2.75, 3.05) is 0 Å². The van der Waals surface area contributed by atoms with Gasteiger partial charge in [0.05, 0.1) is 31.1 Å². The Kier molecular flexibility index (Phi) is 5.37. The highest BCUT2D eigenvalue weighted by Gasteiger charge is 2.39. The zero-order valence-corrected chi connectivity index (χ0v) is 17.7. The predicted octanol–water partition coefficient (Wildman–Crippen LogP) is 3.99. The van der Waals surface area contributed by atoms with Crippen molar-refractivity contribution in [3.8, 4) is 0 Å². The first kappa shape index (κ1) is 19.6. The summed E-state index contributed by atoms with van der Waals surface area (Å²) in [6.07, 6.45) is 3.77. The van der Waals surface area contributed by atoms with Gasteiger partial charge in [-0.05, 0) is 41.3 Å². The quantitative estimate of drug-likeness (QED) is 0.355. The van der Waals surface area contributed by atoms with E-state index >= 15 is 0 Å². The number of aromatic nitrogens is 2. The third kappa shape index (κ3) is 3.65. The van der Waals surface area contributed by atoms with Crippen LogP contribution in [0, 0.1) is 0 Å². The van der Waals surface area contributed by atoms with Crippen LogP contribution in [0.1, 0.15) is 16.3 Å². The van der Waals surface area contributed by atoms with E-state index in [1.165, 1.54) is 11.3 Å². The normalized spacial score (nSPS) is 14.0. The molecule has 1 unspecified atom stereocenters. The molecule has 6 heteroatoms. The molecule has 0 N–H and O–H groups in total. The lowest BCUT2D eigenvalue weighted by atomic mass is 9.88. The Morgan fingerprint density at radius 1 is 1.10 bits per heavy atom. The molecule has 1 atom stereocenters. The van der Waals surface area contributed by atoms with Crippen LogP contribution in [-0.2, 0) is 19.7 Å². The summed E-state index contributed by atoms with van der Waals surface area (Å²) in [6.45, 7) is 0. The molecule has 2 aromatic heterocycles. The second-order valence-corrected chi connectivity index (χ2v) is 8.19. The lowest BCUT2D eigenvalue weighted by molar-refractivity contribution is -0.695. The molecule has 29 heavy (non-hydrogen) atoms. The van der Waals surface area contributed by atoms with E-state index in [1.54, 1.807) is 12.1 Å². The van der Waals surface area contributed by atoms with Gasteiger partial charge in [0, 0.05) is 9.90 Å². The number of nitrogens with zero attached hydrogens (tertiary/aromatic N) is 3. The van der Waals surface area contributed by atoms with E-state index in [0.29, 0.717) is 27.0 Å². The predicted molar refractivity (Wildman–Crippen MR) is 116 cm³/mol. The van der Waals surface area contributed by atoms with Crippen molar-refractivity contribution >= 4 is 34.3 Å². The molecular formula is C23H20ClN3OS. The average molecular weight is 422 g/mol. The highest BCUT2D eigenvalue weighted by Crippen LogP contribution is 2.34. The second-order valence-electron chi connectivity index (χ2n) is 6.81. The van der Waals surface area contributed by atoms with E-state index in [0.717, 1.165) is 5.69 Å². The van der Waals surface area contributed by atoms with E-state index in [4.69, 9.17) is 16.6 Å². The number of hydrogen-bond donors (Lipinski definition) is 0. The fraction of sp³-hybridized carbons (Fsp3) is 0.130. The summed E-state index contributed by atoms with van der Waals surface area (Å²) in [7, 11) is 3.77. The molecule has 4 nitrogen and oxygen atoms in total. The Balaban J connectivity index is 2.06. The summed E-state index contributed by atoms with van der Waals surface area (Å²) in [6, 6.07) is 20.6. The van der Waals surface area contributed by atoms with Crippen LogP contribution in [0.25, 0.3) is 0 Å². The molecule has 0 fully saturated rings. The van der Waals surface area contributed by atoms with E-state index in [-0.39, 0.29) is 0 Å². The Morgan fingerprint density at radius 3 is 2.52 bits per heavy atom. The largest absolute Gasteiger partial charge is 0.832 e. The van der Waals surface area contributed by atoms with Crippen molar-refractivity contribution in [1.29, 1.82) is 0 Å². The van der Waals surface area contributed by atoms with Gasteiger partial charge in [-0.1, -0.05) is 48.0 Å². The number of hydrogen-bond acceptors (Lipinski definition) is 3. The molecule has 0 radical (unpaired) electrons. The van der Waals surface area contributed by atoms with Gasteiger partial charge in [-0.3, -0.25) is 4.99 Å². The second kappa shape index (κ2) is 7.95. The molecule has 2 heterocycles. The molecule has 0 aliphatic heterocycles. The summed E-state index contributed by atoms with van der Waals surface area (Å²) in [4.78, 5) is 5.53. The van der Waals surface area contributed by atoms with Crippen LogP contribution in [0.5, 0.6) is 0 Å². The van der Waals surface area contributed by atoms with Crippen LogP contribution in [0.3, 0.4) is 0 Å². The van der Waals surface area contributed by atoms with Gasteiger partial charge in [-0.15, -0.1) is 11.3 Å². The van der Waals surface area contributed by atoms with Gasteiger partial charge < -0.3 is 5.11 Å². The molecule has 0 saturated heterocycles. The monoisotopic (exact) mass is 421 g/mol. The first-order valence-electron chi connectivity index (χ1n) is 9.16. The first-order valence-corrected chi connectivity index (χ1v) is 10.4. The van der Waals surface area contributed by atoms with Gasteiger partial charge in [0.25, 0.3) is 5.82 Å². The zero-order chi connectivity index (χ0) is 20.4. The fourth-order valence-electron chi connectivity index (χ4n) is 3.51. The molecule has 4 rings (SSSR count). The number of halogens is 1. The molecule has 0 amide bonds.